The van der Waals surface area contributed by atoms with Crippen LogP contribution in [0.4, 0.5) is 5.69 Å². The molecule has 1 fully saturated rings. The second-order valence-electron chi connectivity index (χ2n) is 7.22. The third-order valence-corrected chi connectivity index (χ3v) is 5.00. The molecule has 0 radical (unpaired) electrons. The van der Waals surface area contributed by atoms with Gasteiger partial charge in [-0.1, -0.05) is 38.1 Å². The average Bonchev–Trinajstić information content (AvgIpc) is 3.03. The monoisotopic (exact) mass is 424 g/mol. The largest absolute Gasteiger partial charge is 0.507 e. The van der Waals surface area contributed by atoms with Crippen molar-refractivity contribution in [2.24, 2.45) is 0 Å². The molecule has 8 nitrogen and oxygen atoms in total. The van der Waals surface area contributed by atoms with Gasteiger partial charge in [0.25, 0.3) is 17.4 Å². The van der Waals surface area contributed by atoms with Crippen LogP contribution in [0.25, 0.3) is 5.76 Å². The number of benzene rings is 2. The number of nitro benzene ring substituents is 1. The number of aliphatic hydroxyl groups excluding tert-OH is 1. The molecule has 2 aromatic rings. The van der Waals surface area contributed by atoms with Crippen LogP contribution in [0.15, 0.2) is 54.1 Å². The number of hydrogen-bond acceptors (Lipinski definition) is 6. The number of nitrogens with zero attached hydrogens (tertiary/aromatic N) is 2. The first kappa shape index (κ1) is 22.0. The van der Waals surface area contributed by atoms with Gasteiger partial charge in [0.1, 0.15) is 11.5 Å². The summed E-state index contributed by atoms with van der Waals surface area (Å²) < 4.78 is 5.60. The molecule has 8 heteroatoms. The van der Waals surface area contributed by atoms with E-state index in [1.54, 1.807) is 24.3 Å². The summed E-state index contributed by atoms with van der Waals surface area (Å²) in [6.45, 7) is 4.79. The first-order valence-electron chi connectivity index (χ1n) is 10.1. The van der Waals surface area contributed by atoms with Crippen LogP contribution in [0.5, 0.6) is 5.75 Å². The van der Waals surface area contributed by atoms with E-state index in [4.69, 9.17) is 4.74 Å². The Bertz CT molecular complexity index is 1030. The van der Waals surface area contributed by atoms with Crippen molar-refractivity contribution in [1.29, 1.82) is 0 Å². The van der Waals surface area contributed by atoms with Gasteiger partial charge in [-0.05, 0) is 30.5 Å². The van der Waals surface area contributed by atoms with Crippen molar-refractivity contribution < 1.29 is 24.4 Å². The number of non-ortho nitro benzene ring substituents is 1. The van der Waals surface area contributed by atoms with Crippen molar-refractivity contribution >= 4 is 23.1 Å². The number of rotatable bonds is 8. The van der Waals surface area contributed by atoms with Crippen LogP contribution < -0.4 is 4.74 Å². The third kappa shape index (κ3) is 4.42. The molecule has 0 saturated carbocycles. The quantitative estimate of drug-likeness (QED) is 0.223. The summed E-state index contributed by atoms with van der Waals surface area (Å²) in [5, 5.41) is 22.0. The Balaban J connectivity index is 2.10. The normalized spacial score (nSPS) is 17.7. The van der Waals surface area contributed by atoms with Crippen LogP contribution in [0.2, 0.25) is 0 Å². The van der Waals surface area contributed by atoms with Gasteiger partial charge in [0.15, 0.2) is 0 Å². The molecular weight excluding hydrogens is 400 g/mol. The molecule has 0 bridgehead atoms. The molecule has 1 unspecified atom stereocenters. The molecule has 0 aliphatic carbocycles. The molecule has 0 spiro atoms. The van der Waals surface area contributed by atoms with Crippen LogP contribution in [0.1, 0.15) is 43.9 Å². The van der Waals surface area contributed by atoms with Gasteiger partial charge in [0.05, 0.1) is 23.1 Å². The SMILES string of the molecule is CCCOc1ccc(C2/C(=C(/O)c3cccc([N+](=O)[O-])c3)C(=O)C(=O)N2CCC)cc1. The van der Waals surface area contributed by atoms with E-state index < -0.39 is 28.4 Å². The van der Waals surface area contributed by atoms with Gasteiger partial charge in [-0.3, -0.25) is 19.7 Å². The minimum absolute atomic E-state index is 0.0822. The molecule has 1 saturated heterocycles. The number of hydrogen-bond donors (Lipinski definition) is 1. The summed E-state index contributed by atoms with van der Waals surface area (Å²) in [6.07, 6.45) is 1.49. The fraction of sp³-hybridized carbons (Fsp3) is 0.304. The average molecular weight is 424 g/mol. The predicted molar refractivity (Wildman–Crippen MR) is 115 cm³/mol. The van der Waals surface area contributed by atoms with Crippen molar-refractivity contribution in [2.45, 2.75) is 32.7 Å². The number of carbonyl (C=O) groups excluding carboxylic acids is 2. The smallest absolute Gasteiger partial charge is 0.295 e. The molecule has 1 amide bonds. The number of likely N-dealkylation sites (tertiary alicyclic amines) is 1. The van der Waals surface area contributed by atoms with Crippen molar-refractivity contribution in [2.75, 3.05) is 13.2 Å². The summed E-state index contributed by atoms with van der Waals surface area (Å²) >= 11 is 0. The lowest BCUT2D eigenvalue weighted by Crippen LogP contribution is -2.30. The van der Waals surface area contributed by atoms with Gasteiger partial charge in [0, 0.05) is 24.2 Å². The molecule has 31 heavy (non-hydrogen) atoms. The Labute approximate surface area is 179 Å². The van der Waals surface area contributed by atoms with Gasteiger partial charge >= 0.3 is 0 Å². The molecular formula is C23H24N2O6. The first-order valence-corrected chi connectivity index (χ1v) is 10.1. The molecule has 162 valence electrons. The van der Waals surface area contributed by atoms with E-state index in [1.807, 2.05) is 13.8 Å². The zero-order valence-corrected chi connectivity index (χ0v) is 17.4. The molecule has 1 aliphatic rings. The third-order valence-electron chi connectivity index (χ3n) is 5.00. The summed E-state index contributed by atoms with van der Waals surface area (Å²) in [4.78, 5) is 37.5. The standard InChI is InChI=1S/C23H24N2O6/c1-3-12-24-20(15-8-10-18(11-9-15)31-13-4-2)19(22(27)23(24)28)21(26)16-6-5-7-17(14-16)25(29)30/h5-11,14,20,26H,3-4,12-13H2,1-2H3/b21-19-. The summed E-state index contributed by atoms with van der Waals surface area (Å²) in [7, 11) is 0. The first-order chi connectivity index (χ1) is 14.9. The lowest BCUT2D eigenvalue weighted by Gasteiger charge is -2.25. The predicted octanol–water partition coefficient (Wildman–Crippen LogP) is 4.22. The van der Waals surface area contributed by atoms with Crippen LogP contribution in [-0.4, -0.2) is 39.8 Å². The lowest BCUT2D eigenvalue weighted by molar-refractivity contribution is -0.384. The maximum Gasteiger partial charge on any atom is 0.295 e. The molecule has 1 aliphatic heterocycles. The molecule has 1 atom stereocenters. The van der Waals surface area contributed by atoms with Gasteiger partial charge in [-0.15, -0.1) is 0 Å². The Kier molecular flexibility index (Phi) is 6.69. The van der Waals surface area contributed by atoms with Crippen LogP contribution in [0, 0.1) is 10.1 Å². The highest BCUT2D eigenvalue weighted by Crippen LogP contribution is 2.40. The summed E-state index contributed by atoms with van der Waals surface area (Å²) in [5.41, 5.74) is 0.446. The van der Waals surface area contributed by atoms with E-state index >= 15 is 0 Å². The van der Waals surface area contributed by atoms with E-state index in [2.05, 4.69) is 0 Å². The van der Waals surface area contributed by atoms with Crippen molar-refractivity contribution in [3.05, 3.63) is 75.3 Å². The summed E-state index contributed by atoms with van der Waals surface area (Å²) in [6, 6.07) is 11.6. The van der Waals surface area contributed by atoms with E-state index in [0.717, 1.165) is 6.42 Å². The molecule has 2 aromatic carbocycles. The highest BCUT2D eigenvalue weighted by Gasteiger charge is 2.45. The van der Waals surface area contributed by atoms with E-state index in [1.165, 1.54) is 29.2 Å². The van der Waals surface area contributed by atoms with Gasteiger partial charge < -0.3 is 14.7 Å². The summed E-state index contributed by atoms with van der Waals surface area (Å²) in [5.74, 6) is -1.28. The lowest BCUT2D eigenvalue weighted by atomic mass is 9.95. The number of amides is 1. The number of ketones is 1. The number of aliphatic hydroxyl groups is 1. The van der Waals surface area contributed by atoms with E-state index in [-0.39, 0.29) is 16.8 Å². The van der Waals surface area contributed by atoms with Crippen molar-refractivity contribution in [1.82, 2.24) is 4.90 Å². The second kappa shape index (κ2) is 9.42. The van der Waals surface area contributed by atoms with Gasteiger partial charge in [0.2, 0.25) is 0 Å². The topological polar surface area (TPSA) is 110 Å². The number of ether oxygens (including phenoxy) is 1. The van der Waals surface area contributed by atoms with Crippen LogP contribution in [0.3, 0.4) is 0 Å². The van der Waals surface area contributed by atoms with Gasteiger partial charge in [-0.25, -0.2) is 0 Å². The molecule has 3 rings (SSSR count). The number of carbonyl (C=O) groups is 2. The van der Waals surface area contributed by atoms with Crippen LogP contribution >= 0.6 is 0 Å². The zero-order chi connectivity index (χ0) is 22.5. The highest BCUT2D eigenvalue weighted by molar-refractivity contribution is 6.46. The highest BCUT2D eigenvalue weighted by atomic mass is 16.6. The maximum absolute atomic E-state index is 12.8. The fourth-order valence-electron chi connectivity index (χ4n) is 3.59. The zero-order valence-electron chi connectivity index (χ0n) is 17.4. The number of Topliss-reactive ketones (excluding diaryl/α,β-unsaturated/α-hetero) is 1. The Morgan fingerprint density at radius 3 is 2.45 bits per heavy atom. The Morgan fingerprint density at radius 2 is 1.84 bits per heavy atom. The van der Waals surface area contributed by atoms with Crippen LogP contribution in [-0.2, 0) is 9.59 Å². The Morgan fingerprint density at radius 1 is 1.13 bits per heavy atom. The molecule has 0 aromatic heterocycles. The number of nitro groups is 1. The molecule has 1 heterocycles. The fourth-order valence-corrected chi connectivity index (χ4v) is 3.59. The Hall–Kier alpha value is -3.68. The van der Waals surface area contributed by atoms with E-state index in [0.29, 0.717) is 30.9 Å². The second-order valence-corrected chi connectivity index (χ2v) is 7.22. The van der Waals surface area contributed by atoms with Crippen molar-refractivity contribution in [3.8, 4) is 5.75 Å². The maximum atomic E-state index is 12.8. The molecule has 1 N–H and O–H groups in total. The van der Waals surface area contributed by atoms with E-state index in [9.17, 15) is 24.8 Å². The van der Waals surface area contributed by atoms with Crippen molar-refractivity contribution in [3.63, 3.8) is 0 Å². The minimum atomic E-state index is -0.811. The minimum Gasteiger partial charge on any atom is -0.507 e. The van der Waals surface area contributed by atoms with Gasteiger partial charge in [-0.2, -0.15) is 0 Å².